The quantitative estimate of drug-likeness (QED) is 0.613. The van der Waals surface area contributed by atoms with Crippen LogP contribution in [0.1, 0.15) is 46.7 Å². The molecule has 3 N–H and O–H groups in total. The zero-order chi connectivity index (χ0) is 13.7. The van der Waals surface area contributed by atoms with E-state index >= 15 is 0 Å². The number of hydrogen-bond acceptors (Lipinski definition) is 6. The smallest absolute Gasteiger partial charge is 0.343 e. The van der Waals surface area contributed by atoms with Crippen LogP contribution in [0.15, 0.2) is 0 Å². The van der Waals surface area contributed by atoms with Crippen molar-refractivity contribution in [3.8, 4) is 0 Å². The molecule has 0 saturated carbocycles. The van der Waals surface area contributed by atoms with Crippen molar-refractivity contribution in [1.82, 2.24) is 0 Å². The summed E-state index contributed by atoms with van der Waals surface area (Å²) in [6.07, 6.45) is 1.27. The van der Waals surface area contributed by atoms with Crippen molar-refractivity contribution < 1.29 is 14.3 Å². The van der Waals surface area contributed by atoms with Gasteiger partial charge in [-0.05, 0) is 6.42 Å². The van der Waals surface area contributed by atoms with Crippen molar-refractivity contribution in [1.29, 1.82) is 0 Å². The molecule has 0 spiro atoms. The topological polar surface area (TPSA) is 81.4 Å². The van der Waals surface area contributed by atoms with Gasteiger partial charge >= 0.3 is 5.97 Å². The number of carbonyl (C=O) groups is 2. The van der Waals surface area contributed by atoms with E-state index in [-0.39, 0.29) is 17.0 Å². The number of methoxy groups -OCH3 is 1. The molecule has 1 aromatic rings. The van der Waals surface area contributed by atoms with Crippen LogP contribution in [0.3, 0.4) is 0 Å². The van der Waals surface area contributed by atoms with Crippen molar-refractivity contribution >= 4 is 33.8 Å². The molecule has 0 aliphatic rings. The van der Waals surface area contributed by atoms with Gasteiger partial charge in [-0.25, -0.2) is 4.79 Å². The lowest BCUT2D eigenvalue weighted by Crippen LogP contribution is -2.09. The largest absolute Gasteiger partial charge is 0.465 e. The molecule has 0 aliphatic heterocycles. The van der Waals surface area contributed by atoms with Gasteiger partial charge in [-0.15, -0.1) is 11.3 Å². The van der Waals surface area contributed by atoms with Crippen molar-refractivity contribution in [2.45, 2.75) is 26.7 Å². The number of ketones is 1. The highest BCUT2D eigenvalue weighted by atomic mass is 32.1. The molecule has 100 valence electrons. The number of carbonyl (C=O) groups excluding carboxylic acids is 2. The molecule has 0 atom stereocenters. The lowest BCUT2D eigenvalue weighted by atomic mass is 10.2. The SMILES string of the molecule is CCCNc1sc(C(=O)CC)c(N)c1C(=O)OC. The van der Waals surface area contributed by atoms with E-state index in [1.807, 2.05) is 6.92 Å². The third-order valence-electron chi connectivity index (χ3n) is 2.44. The molecule has 0 saturated heterocycles. The first-order chi connectivity index (χ1) is 8.56. The predicted octanol–water partition coefficient (Wildman–Crippen LogP) is 2.53. The van der Waals surface area contributed by atoms with E-state index in [9.17, 15) is 9.59 Å². The van der Waals surface area contributed by atoms with Crippen molar-refractivity contribution in [2.75, 3.05) is 24.7 Å². The van der Waals surface area contributed by atoms with Gasteiger partial charge in [0.25, 0.3) is 0 Å². The first kappa shape index (κ1) is 14.5. The molecule has 0 aromatic carbocycles. The van der Waals surface area contributed by atoms with E-state index in [2.05, 4.69) is 5.32 Å². The van der Waals surface area contributed by atoms with Gasteiger partial charge < -0.3 is 15.8 Å². The number of nitrogens with two attached hydrogens (primary N) is 1. The summed E-state index contributed by atoms with van der Waals surface area (Å²) in [5.74, 6) is -0.579. The van der Waals surface area contributed by atoms with Gasteiger partial charge in [-0.3, -0.25) is 4.79 Å². The summed E-state index contributed by atoms with van der Waals surface area (Å²) in [5, 5.41) is 3.71. The first-order valence-electron chi connectivity index (χ1n) is 5.84. The molecule has 1 heterocycles. The van der Waals surface area contributed by atoms with Gasteiger partial charge in [0.2, 0.25) is 0 Å². The Balaban J connectivity index is 3.22. The number of Topliss-reactive ketones (excluding diaryl/α,β-unsaturated/α-hetero) is 1. The zero-order valence-corrected chi connectivity index (χ0v) is 11.6. The molecule has 1 rings (SSSR count). The van der Waals surface area contributed by atoms with E-state index < -0.39 is 5.97 Å². The van der Waals surface area contributed by atoms with Gasteiger partial charge in [0.1, 0.15) is 10.6 Å². The van der Waals surface area contributed by atoms with Gasteiger partial charge in [0, 0.05) is 13.0 Å². The fraction of sp³-hybridized carbons (Fsp3) is 0.500. The van der Waals surface area contributed by atoms with Crippen LogP contribution in [0.5, 0.6) is 0 Å². The normalized spacial score (nSPS) is 10.2. The second kappa shape index (κ2) is 6.39. The first-order valence-corrected chi connectivity index (χ1v) is 6.66. The molecule has 0 radical (unpaired) electrons. The number of nitrogens with one attached hydrogen (secondary N) is 1. The third-order valence-corrected chi connectivity index (χ3v) is 3.65. The average molecular weight is 270 g/mol. The van der Waals surface area contributed by atoms with E-state index in [4.69, 9.17) is 10.5 Å². The van der Waals surface area contributed by atoms with Crippen molar-refractivity contribution in [3.05, 3.63) is 10.4 Å². The molecule has 0 fully saturated rings. The van der Waals surface area contributed by atoms with Crippen LogP contribution in [0, 0.1) is 0 Å². The van der Waals surface area contributed by atoms with E-state index in [1.54, 1.807) is 6.92 Å². The minimum absolute atomic E-state index is 0.0628. The maximum absolute atomic E-state index is 11.7. The van der Waals surface area contributed by atoms with Crippen LogP contribution in [-0.2, 0) is 4.74 Å². The number of thiophene rings is 1. The van der Waals surface area contributed by atoms with E-state index in [0.717, 1.165) is 6.42 Å². The van der Waals surface area contributed by atoms with Crippen molar-refractivity contribution in [3.63, 3.8) is 0 Å². The fourth-order valence-corrected chi connectivity index (χ4v) is 2.62. The second-order valence-electron chi connectivity index (χ2n) is 3.74. The summed E-state index contributed by atoms with van der Waals surface area (Å²) in [5.41, 5.74) is 6.37. The summed E-state index contributed by atoms with van der Waals surface area (Å²) < 4.78 is 4.70. The molecular formula is C12H18N2O3S. The Hall–Kier alpha value is -1.56. The minimum atomic E-state index is -0.516. The molecule has 1 aromatic heterocycles. The van der Waals surface area contributed by atoms with Crippen LogP contribution >= 0.6 is 11.3 Å². The summed E-state index contributed by atoms with van der Waals surface area (Å²) >= 11 is 1.22. The summed E-state index contributed by atoms with van der Waals surface area (Å²) in [6, 6.07) is 0. The number of rotatable bonds is 6. The Morgan fingerprint density at radius 2 is 2.06 bits per heavy atom. The molecule has 0 amide bonds. The summed E-state index contributed by atoms with van der Waals surface area (Å²) in [4.78, 5) is 23.9. The highest BCUT2D eigenvalue weighted by Crippen LogP contribution is 2.36. The second-order valence-corrected chi connectivity index (χ2v) is 4.76. The number of esters is 1. The summed E-state index contributed by atoms with van der Waals surface area (Å²) in [7, 11) is 1.30. The molecular weight excluding hydrogens is 252 g/mol. The monoisotopic (exact) mass is 270 g/mol. The fourth-order valence-electron chi connectivity index (χ4n) is 1.48. The molecule has 0 aliphatic carbocycles. The Kier molecular flexibility index (Phi) is 5.15. The third kappa shape index (κ3) is 2.81. The van der Waals surface area contributed by atoms with Crippen LogP contribution in [0.2, 0.25) is 0 Å². The summed E-state index contributed by atoms with van der Waals surface area (Å²) in [6.45, 7) is 4.49. The Morgan fingerprint density at radius 3 is 2.56 bits per heavy atom. The Morgan fingerprint density at radius 1 is 1.39 bits per heavy atom. The van der Waals surface area contributed by atoms with Gasteiger partial charge in [0.05, 0.1) is 17.7 Å². The number of ether oxygens (including phenoxy) is 1. The highest BCUT2D eigenvalue weighted by molar-refractivity contribution is 7.19. The van der Waals surface area contributed by atoms with Gasteiger partial charge in [-0.2, -0.15) is 0 Å². The van der Waals surface area contributed by atoms with Crippen LogP contribution in [0.4, 0.5) is 10.7 Å². The lowest BCUT2D eigenvalue weighted by Gasteiger charge is -2.04. The maximum atomic E-state index is 11.7. The Labute approximate surface area is 110 Å². The molecule has 6 heteroatoms. The maximum Gasteiger partial charge on any atom is 0.343 e. The molecule has 5 nitrogen and oxygen atoms in total. The number of hydrogen-bond donors (Lipinski definition) is 2. The van der Waals surface area contributed by atoms with Gasteiger partial charge in [-0.1, -0.05) is 13.8 Å². The van der Waals surface area contributed by atoms with E-state index in [0.29, 0.717) is 22.8 Å². The van der Waals surface area contributed by atoms with Gasteiger partial charge in [0.15, 0.2) is 5.78 Å². The van der Waals surface area contributed by atoms with Crippen LogP contribution in [-0.4, -0.2) is 25.4 Å². The molecule has 0 unspecified atom stereocenters. The van der Waals surface area contributed by atoms with Crippen LogP contribution in [0.25, 0.3) is 0 Å². The highest BCUT2D eigenvalue weighted by Gasteiger charge is 2.25. The number of nitrogen functional groups attached to an aromatic ring is 1. The average Bonchev–Trinajstić information content (AvgIpc) is 2.71. The molecule has 0 bridgehead atoms. The van der Waals surface area contributed by atoms with E-state index in [1.165, 1.54) is 18.4 Å². The Bertz CT molecular complexity index is 454. The standard InChI is InChI=1S/C12H18N2O3S/c1-4-6-14-11-8(12(16)17-3)9(13)10(18-11)7(15)5-2/h14H,4-6,13H2,1-3H3. The number of anilines is 2. The minimum Gasteiger partial charge on any atom is -0.465 e. The zero-order valence-electron chi connectivity index (χ0n) is 10.8. The van der Waals surface area contributed by atoms with Crippen molar-refractivity contribution in [2.24, 2.45) is 0 Å². The molecule has 18 heavy (non-hydrogen) atoms. The predicted molar refractivity (Wildman–Crippen MR) is 73.5 cm³/mol. The lowest BCUT2D eigenvalue weighted by molar-refractivity contribution is 0.0603. The van der Waals surface area contributed by atoms with Crippen LogP contribution < -0.4 is 11.1 Å².